The molecule has 118 valence electrons. The number of imidazole rings is 1. The Hall–Kier alpha value is -3.17. The van der Waals surface area contributed by atoms with Gasteiger partial charge in [0, 0.05) is 10.7 Å². The summed E-state index contributed by atoms with van der Waals surface area (Å²) in [7, 11) is 0. The smallest absolute Gasteiger partial charge is 0.275 e. The van der Waals surface area contributed by atoms with Crippen molar-refractivity contribution < 1.29 is 4.79 Å². The maximum atomic E-state index is 12.6. The minimum Gasteiger partial charge on any atom is -0.303 e. The van der Waals surface area contributed by atoms with Crippen molar-refractivity contribution in [2.24, 2.45) is 0 Å². The first kappa shape index (κ1) is 15.7. The van der Waals surface area contributed by atoms with Crippen molar-refractivity contribution in [1.29, 1.82) is 10.5 Å². The summed E-state index contributed by atoms with van der Waals surface area (Å²) in [4.78, 5) is 17.0. The number of hydrogen-bond donors (Lipinski definition) is 2. The van der Waals surface area contributed by atoms with Crippen molar-refractivity contribution in [1.82, 2.24) is 19.6 Å². The Labute approximate surface area is 144 Å². The number of aryl methyl sites for hydroxylation is 1. The fraction of sp³-hybridized carbons (Fsp3) is 0.133. The van der Waals surface area contributed by atoms with Gasteiger partial charge in [-0.25, -0.2) is 4.98 Å². The number of nitrogens with zero attached hydrogens (tertiary/aromatic N) is 5. The number of rotatable bonds is 3. The third kappa shape index (κ3) is 2.62. The molecule has 2 N–H and O–H groups in total. The van der Waals surface area contributed by atoms with Crippen LogP contribution in [0.2, 0.25) is 0 Å². The van der Waals surface area contributed by atoms with Crippen LogP contribution in [0, 0.1) is 29.6 Å². The van der Waals surface area contributed by atoms with E-state index in [0.29, 0.717) is 22.7 Å². The lowest BCUT2D eigenvalue weighted by Crippen LogP contribution is -2.16. The van der Waals surface area contributed by atoms with E-state index < -0.39 is 5.91 Å². The Morgan fingerprint density at radius 3 is 2.96 bits per heavy atom. The van der Waals surface area contributed by atoms with Crippen LogP contribution in [0.15, 0.2) is 22.8 Å². The molecule has 0 fully saturated rings. The molecule has 8 nitrogen and oxygen atoms in total. The van der Waals surface area contributed by atoms with Gasteiger partial charge >= 0.3 is 0 Å². The van der Waals surface area contributed by atoms with Crippen LogP contribution in [-0.4, -0.2) is 25.5 Å². The average Bonchev–Trinajstić information content (AvgIpc) is 3.07. The molecule has 0 aliphatic heterocycles. The molecule has 0 saturated heterocycles. The van der Waals surface area contributed by atoms with E-state index >= 15 is 0 Å². The van der Waals surface area contributed by atoms with Crippen LogP contribution in [0.3, 0.4) is 0 Å². The minimum atomic E-state index is -0.440. The summed E-state index contributed by atoms with van der Waals surface area (Å²) in [6.07, 6.45) is 1.74. The highest BCUT2D eigenvalue weighted by Gasteiger charge is 2.20. The second-order valence-electron chi connectivity index (χ2n) is 4.95. The van der Waals surface area contributed by atoms with Crippen molar-refractivity contribution in [3.63, 3.8) is 0 Å². The summed E-state index contributed by atoms with van der Waals surface area (Å²) < 4.78 is 2.46. The van der Waals surface area contributed by atoms with Crippen LogP contribution in [0.25, 0.3) is 5.65 Å². The van der Waals surface area contributed by atoms with Gasteiger partial charge in [-0.1, -0.05) is 0 Å². The molecule has 1 amide bonds. The average molecular weight is 384 g/mol. The molecule has 0 atom stereocenters. The van der Waals surface area contributed by atoms with Gasteiger partial charge in [-0.15, -0.1) is 0 Å². The highest BCUT2D eigenvalue weighted by atomic mass is 79.9. The molecule has 0 radical (unpaired) electrons. The van der Waals surface area contributed by atoms with Gasteiger partial charge in [-0.3, -0.25) is 14.3 Å². The zero-order valence-electron chi connectivity index (χ0n) is 12.5. The maximum Gasteiger partial charge on any atom is 0.275 e. The molecule has 0 spiro atoms. The number of aromatic amines is 1. The fourth-order valence-corrected chi connectivity index (χ4v) is 2.71. The van der Waals surface area contributed by atoms with Crippen molar-refractivity contribution in [2.45, 2.75) is 13.3 Å². The molecule has 3 rings (SSSR count). The lowest BCUT2D eigenvalue weighted by atomic mass is 10.2. The van der Waals surface area contributed by atoms with Gasteiger partial charge in [0.15, 0.2) is 5.82 Å². The van der Waals surface area contributed by atoms with Gasteiger partial charge in [-0.2, -0.15) is 15.6 Å². The van der Waals surface area contributed by atoms with Crippen molar-refractivity contribution in [3.05, 3.63) is 45.4 Å². The van der Waals surface area contributed by atoms with E-state index in [1.54, 1.807) is 23.6 Å². The summed E-state index contributed by atoms with van der Waals surface area (Å²) in [6, 6.07) is 7.51. The number of amides is 1. The minimum absolute atomic E-state index is 0.00729. The van der Waals surface area contributed by atoms with E-state index in [1.165, 1.54) is 0 Å². The number of fused-ring (bicyclic) bond motifs is 1. The van der Waals surface area contributed by atoms with Crippen LogP contribution in [0.1, 0.15) is 27.4 Å². The summed E-state index contributed by atoms with van der Waals surface area (Å²) in [6.45, 7) is 1.73. The quantitative estimate of drug-likeness (QED) is 0.718. The molecular weight excluding hydrogens is 374 g/mol. The van der Waals surface area contributed by atoms with Crippen LogP contribution in [0.5, 0.6) is 0 Å². The molecule has 3 aromatic heterocycles. The summed E-state index contributed by atoms with van der Waals surface area (Å²) in [5.41, 5.74) is 2.05. The van der Waals surface area contributed by atoms with Gasteiger partial charge < -0.3 is 5.32 Å². The predicted octanol–water partition coefficient (Wildman–Crippen LogP) is 2.32. The number of aromatic nitrogens is 4. The predicted molar refractivity (Wildman–Crippen MR) is 88.2 cm³/mol. The zero-order chi connectivity index (χ0) is 17.3. The lowest BCUT2D eigenvalue weighted by molar-refractivity contribution is 0.102. The van der Waals surface area contributed by atoms with E-state index in [0.717, 1.165) is 4.47 Å². The highest BCUT2D eigenvalue weighted by Crippen LogP contribution is 2.20. The molecule has 3 heterocycles. The van der Waals surface area contributed by atoms with Crippen LogP contribution in [0.4, 0.5) is 5.82 Å². The Balaban J connectivity index is 2.00. The summed E-state index contributed by atoms with van der Waals surface area (Å²) in [5, 5.41) is 27.1. The monoisotopic (exact) mass is 383 g/mol. The first-order valence-electron chi connectivity index (χ1n) is 6.85. The number of carbonyl (C=O) groups excluding carboxylic acids is 1. The molecule has 0 aliphatic rings. The number of pyridine rings is 1. The van der Waals surface area contributed by atoms with Gasteiger partial charge in [0.1, 0.15) is 23.0 Å². The number of H-pyrrole nitrogens is 1. The SMILES string of the molecule is Cc1nc2ccc(Br)cn2c1C(=O)Nc1n[nH]c(CC#N)c1C#N. The first-order chi connectivity index (χ1) is 11.5. The van der Waals surface area contributed by atoms with E-state index in [-0.39, 0.29) is 17.8 Å². The van der Waals surface area contributed by atoms with Crippen LogP contribution < -0.4 is 5.32 Å². The Kier molecular flexibility index (Phi) is 4.02. The molecule has 0 unspecified atom stereocenters. The third-order valence-electron chi connectivity index (χ3n) is 3.41. The van der Waals surface area contributed by atoms with Crippen LogP contribution >= 0.6 is 15.9 Å². The molecule has 0 aromatic carbocycles. The fourth-order valence-electron chi connectivity index (χ4n) is 2.37. The van der Waals surface area contributed by atoms with E-state index in [9.17, 15) is 10.1 Å². The highest BCUT2D eigenvalue weighted by molar-refractivity contribution is 9.10. The third-order valence-corrected chi connectivity index (χ3v) is 3.88. The van der Waals surface area contributed by atoms with E-state index in [1.807, 2.05) is 18.2 Å². The first-order valence-corrected chi connectivity index (χ1v) is 7.64. The van der Waals surface area contributed by atoms with Gasteiger partial charge in [0.2, 0.25) is 0 Å². The number of nitriles is 2. The normalized spacial score (nSPS) is 10.3. The standard InChI is InChI=1S/C15H10BrN7O/c1-8-13(23-7-9(16)2-3-12(23)19-8)15(24)20-14-10(6-18)11(4-5-17)21-22-14/h2-3,7H,4H2,1H3,(H2,20,21,22,24). The summed E-state index contributed by atoms with van der Waals surface area (Å²) >= 11 is 3.36. The van der Waals surface area contributed by atoms with E-state index in [2.05, 4.69) is 36.4 Å². The number of anilines is 1. The molecule has 0 aliphatic carbocycles. The summed E-state index contributed by atoms with van der Waals surface area (Å²) in [5.74, 6) is -0.346. The maximum absolute atomic E-state index is 12.6. The van der Waals surface area contributed by atoms with Crippen molar-refractivity contribution in [3.8, 4) is 12.1 Å². The number of halogens is 1. The van der Waals surface area contributed by atoms with Crippen molar-refractivity contribution >= 4 is 33.3 Å². The van der Waals surface area contributed by atoms with Crippen LogP contribution in [-0.2, 0) is 6.42 Å². The molecule has 24 heavy (non-hydrogen) atoms. The molecule has 3 aromatic rings. The second-order valence-corrected chi connectivity index (χ2v) is 5.86. The molecular formula is C15H10BrN7O. The topological polar surface area (TPSA) is 123 Å². The largest absolute Gasteiger partial charge is 0.303 e. The number of nitrogens with one attached hydrogen (secondary N) is 2. The molecule has 0 bridgehead atoms. The van der Waals surface area contributed by atoms with Gasteiger partial charge in [-0.05, 0) is 35.0 Å². The van der Waals surface area contributed by atoms with Gasteiger partial charge in [0.25, 0.3) is 5.91 Å². The lowest BCUT2D eigenvalue weighted by Gasteiger charge is -2.04. The Bertz CT molecular complexity index is 1030. The van der Waals surface area contributed by atoms with Crippen molar-refractivity contribution in [2.75, 3.05) is 5.32 Å². The number of hydrogen-bond acceptors (Lipinski definition) is 5. The molecule has 9 heteroatoms. The Morgan fingerprint density at radius 2 is 2.25 bits per heavy atom. The number of carbonyl (C=O) groups is 1. The van der Waals surface area contributed by atoms with Gasteiger partial charge in [0.05, 0.1) is 23.9 Å². The zero-order valence-corrected chi connectivity index (χ0v) is 14.0. The molecule has 0 saturated carbocycles. The Morgan fingerprint density at radius 1 is 1.46 bits per heavy atom. The van der Waals surface area contributed by atoms with E-state index in [4.69, 9.17) is 5.26 Å². The second kappa shape index (κ2) is 6.14.